The van der Waals surface area contributed by atoms with Gasteiger partial charge in [0.05, 0.1) is 17.0 Å². The zero-order valence-corrected chi connectivity index (χ0v) is 9.68. The van der Waals surface area contributed by atoms with Crippen LogP contribution in [0, 0.1) is 5.41 Å². The molecule has 0 atom stereocenters. The number of rotatable bonds is 3. The molecular weight excluding hydrogens is 230 g/mol. The van der Waals surface area contributed by atoms with E-state index < -0.39 is 5.97 Å². The summed E-state index contributed by atoms with van der Waals surface area (Å²) < 4.78 is 0. The molecule has 0 aliphatic heterocycles. The zero-order chi connectivity index (χ0) is 13.0. The van der Waals surface area contributed by atoms with Crippen LogP contribution in [-0.4, -0.2) is 22.5 Å². The molecule has 0 saturated heterocycles. The quantitative estimate of drug-likeness (QED) is 0.713. The summed E-state index contributed by atoms with van der Waals surface area (Å²) in [5.74, 6) is -0.943. The summed E-state index contributed by atoms with van der Waals surface area (Å²) >= 11 is 0. The number of carbonyl (C=O) groups is 1. The van der Waals surface area contributed by atoms with E-state index in [1.54, 1.807) is 18.2 Å². The molecule has 1 aliphatic carbocycles. The Labute approximate surface area is 104 Å². The Morgan fingerprint density at radius 1 is 1.22 bits per heavy atom. The highest BCUT2D eigenvalue weighted by Gasteiger charge is 2.05. The number of carboxylic acid groups (broad SMARTS) is 1. The third-order valence-electron chi connectivity index (χ3n) is 2.59. The van der Waals surface area contributed by atoms with E-state index in [9.17, 15) is 4.79 Å². The van der Waals surface area contributed by atoms with Gasteiger partial charge in [-0.3, -0.25) is 5.43 Å². The first-order valence-electron chi connectivity index (χ1n) is 5.56. The predicted octanol–water partition coefficient (Wildman–Crippen LogP) is 2.52. The van der Waals surface area contributed by atoms with Crippen LogP contribution in [0.1, 0.15) is 23.2 Å². The van der Waals surface area contributed by atoms with Crippen molar-refractivity contribution in [1.29, 1.82) is 5.41 Å². The Morgan fingerprint density at radius 3 is 2.50 bits per heavy atom. The second-order valence-electron chi connectivity index (χ2n) is 3.96. The molecule has 5 heteroatoms. The van der Waals surface area contributed by atoms with E-state index in [0.29, 0.717) is 12.1 Å². The Kier molecular flexibility index (Phi) is 3.52. The van der Waals surface area contributed by atoms with Crippen molar-refractivity contribution in [3.63, 3.8) is 0 Å². The number of allylic oxidation sites excluding steroid dienone is 2. The number of nitrogens with zero attached hydrogens (tertiary/aromatic N) is 1. The normalized spacial score (nSPS) is 16.9. The van der Waals surface area contributed by atoms with Gasteiger partial charge in [-0.2, -0.15) is 5.10 Å². The fraction of sp³-hybridized carbons (Fsp3) is 0.154. The maximum absolute atomic E-state index is 10.7. The Hall–Kier alpha value is -2.43. The summed E-state index contributed by atoms with van der Waals surface area (Å²) in [5.41, 5.74) is 5.35. The molecular formula is C13H13N3O2. The molecule has 0 spiro atoms. The fourth-order valence-electron chi connectivity index (χ4n) is 1.54. The molecule has 0 bridgehead atoms. The van der Waals surface area contributed by atoms with Gasteiger partial charge in [-0.15, -0.1) is 0 Å². The first-order valence-corrected chi connectivity index (χ1v) is 5.56. The number of hydrazone groups is 1. The van der Waals surface area contributed by atoms with Crippen molar-refractivity contribution in [2.45, 2.75) is 12.8 Å². The number of nitrogens with one attached hydrogen (secondary N) is 2. The minimum atomic E-state index is -0.943. The van der Waals surface area contributed by atoms with Crippen LogP contribution < -0.4 is 5.43 Å². The molecule has 92 valence electrons. The summed E-state index contributed by atoms with van der Waals surface area (Å²) in [7, 11) is 0. The molecule has 0 unspecified atom stereocenters. The van der Waals surface area contributed by atoms with Crippen LogP contribution >= 0.6 is 0 Å². The third kappa shape index (κ3) is 3.04. The summed E-state index contributed by atoms with van der Waals surface area (Å²) in [6, 6.07) is 6.39. The second-order valence-corrected chi connectivity index (χ2v) is 3.96. The zero-order valence-electron chi connectivity index (χ0n) is 9.68. The summed E-state index contributed by atoms with van der Waals surface area (Å²) in [4.78, 5) is 10.7. The number of carboxylic acids is 1. The van der Waals surface area contributed by atoms with Crippen molar-refractivity contribution in [3.8, 4) is 0 Å². The highest BCUT2D eigenvalue weighted by atomic mass is 16.4. The molecule has 1 aromatic rings. The maximum atomic E-state index is 10.7. The number of hydrogen-bond acceptors (Lipinski definition) is 4. The summed E-state index contributed by atoms with van der Waals surface area (Å²) in [6.07, 6.45) is 4.99. The predicted molar refractivity (Wildman–Crippen MR) is 70.6 cm³/mol. The van der Waals surface area contributed by atoms with Gasteiger partial charge >= 0.3 is 5.97 Å². The Morgan fingerprint density at radius 2 is 1.94 bits per heavy atom. The standard InChI is InChI=1S/C13H13N3O2/c14-10-3-7-12(8-4-10)16-15-11-5-1-9(2-6-11)13(17)18/h1-3,5-7,14-15H,4,8H2,(H,17,18). The monoisotopic (exact) mass is 243 g/mol. The smallest absolute Gasteiger partial charge is 0.335 e. The minimum absolute atomic E-state index is 0.249. The van der Waals surface area contributed by atoms with Crippen molar-refractivity contribution < 1.29 is 9.90 Å². The van der Waals surface area contributed by atoms with E-state index in [-0.39, 0.29) is 5.56 Å². The SMILES string of the molecule is N=C1C=CC(=NNc2ccc(C(=O)O)cc2)CC1. The molecule has 3 N–H and O–H groups in total. The van der Waals surface area contributed by atoms with Crippen LogP contribution in [0.25, 0.3) is 0 Å². The van der Waals surface area contributed by atoms with Gasteiger partial charge in [-0.05, 0) is 49.3 Å². The molecule has 0 fully saturated rings. The number of benzene rings is 1. The lowest BCUT2D eigenvalue weighted by molar-refractivity contribution is 0.0697. The van der Waals surface area contributed by atoms with Crippen molar-refractivity contribution >= 4 is 23.1 Å². The highest BCUT2D eigenvalue weighted by Crippen LogP contribution is 2.11. The Bertz CT molecular complexity index is 530. The van der Waals surface area contributed by atoms with Gasteiger partial charge in [0.1, 0.15) is 0 Å². The molecule has 1 aromatic carbocycles. The molecule has 1 aliphatic rings. The molecule has 5 nitrogen and oxygen atoms in total. The van der Waals surface area contributed by atoms with Gasteiger partial charge in [0.2, 0.25) is 0 Å². The molecule has 18 heavy (non-hydrogen) atoms. The molecule has 0 aromatic heterocycles. The van der Waals surface area contributed by atoms with E-state index in [1.807, 2.05) is 6.08 Å². The summed E-state index contributed by atoms with van der Waals surface area (Å²) in [5, 5.41) is 20.4. The lowest BCUT2D eigenvalue weighted by atomic mass is 10.0. The van der Waals surface area contributed by atoms with E-state index >= 15 is 0 Å². The number of aromatic carboxylic acids is 1. The first kappa shape index (κ1) is 12.0. The fourth-order valence-corrected chi connectivity index (χ4v) is 1.54. The lowest BCUT2D eigenvalue weighted by Crippen LogP contribution is -2.08. The average Bonchev–Trinajstić information content (AvgIpc) is 2.38. The lowest BCUT2D eigenvalue weighted by Gasteiger charge is -2.08. The molecule has 0 radical (unpaired) electrons. The van der Waals surface area contributed by atoms with Gasteiger partial charge in [-0.1, -0.05) is 0 Å². The topological polar surface area (TPSA) is 85.5 Å². The van der Waals surface area contributed by atoms with Gasteiger partial charge in [0.15, 0.2) is 0 Å². The number of anilines is 1. The third-order valence-corrected chi connectivity index (χ3v) is 2.59. The number of hydrogen-bond donors (Lipinski definition) is 3. The van der Waals surface area contributed by atoms with Crippen LogP contribution in [0.2, 0.25) is 0 Å². The van der Waals surface area contributed by atoms with Crippen LogP contribution in [-0.2, 0) is 0 Å². The summed E-state index contributed by atoms with van der Waals surface area (Å²) in [6.45, 7) is 0. The Balaban J connectivity index is 2.02. The molecule has 0 saturated carbocycles. The van der Waals surface area contributed by atoms with Crippen molar-refractivity contribution in [2.24, 2.45) is 5.10 Å². The van der Waals surface area contributed by atoms with Crippen molar-refractivity contribution in [2.75, 3.05) is 5.43 Å². The highest BCUT2D eigenvalue weighted by molar-refractivity contribution is 6.08. The van der Waals surface area contributed by atoms with E-state index in [0.717, 1.165) is 17.8 Å². The van der Waals surface area contributed by atoms with Gasteiger partial charge in [0, 0.05) is 5.71 Å². The van der Waals surface area contributed by atoms with Crippen molar-refractivity contribution in [3.05, 3.63) is 42.0 Å². The first-order chi connectivity index (χ1) is 8.65. The van der Waals surface area contributed by atoms with Crippen LogP contribution in [0.5, 0.6) is 0 Å². The van der Waals surface area contributed by atoms with E-state index in [4.69, 9.17) is 10.5 Å². The van der Waals surface area contributed by atoms with E-state index in [2.05, 4.69) is 10.5 Å². The minimum Gasteiger partial charge on any atom is -0.478 e. The molecule has 0 amide bonds. The second kappa shape index (κ2) is 5.27. The van der Waals surface area contributed by atoms with Crippen molar-refractivity contribution in [1.82, 2.24) is 0 Å². The van der Waals surface area contributed by atoms with E-state index in [1.165, 1.54) is 12.1 Å². The van der Waals surface area contributed by atoms with Crippen LogP contribution in [0.3, 0.4) is 0 Å². The maximum Gasteiger partial charge on any atom is 0.335 e. The largest absolute Gasteiger partial charge is 0.478 e. The van der Waals surface area contributed by atoms with Crippen LogP contribution in [0.4, 0.5) is 5.69 Å². The van der Waals surface area contributed by atoms with Gasteiger partial charge in [-0.25, -0.2) is 4.79 Å². The molecule has 2 rings (SSSR count). The molecule has 0 heterocycles. The van der Waals surface area contributed by atoms with Gasteiger partial charge < -0.3 is 10.5 Å². The van der Waals surface area contributed by atoms with Crippen LogP contribution in [0.15, 0.2) is 41.5 Å². The van der Waals surface area contributed by atoms with Gasteiger partial charge in [0.25, 0.3) is 0 Å². The average molecular weight is 243 g/mol.